The minimum absolute atomic E-state index is 0.00825. The first-order valence-electron chi connectivity index (χ1n) is 8.70. The minimum atomic E-state index is -0.338. The van der Waals surface area contributed by atoms with Crippen molar-refractivity contribution in [2.75, 3.05) is 19.7 Å². The SMILES string of the molecule is O=C([C@H]1CCCO1)N1CCC[C@H](c2nc(-c3cccc(F)c3)no2)C1. The number of carbonyl (C=O) groups is 1. The number of aromatic nitrogens is 2. The average Bonchev–Trinajstić information content (AvgIpc) is 3.33. The Hall–Kier alpha value is -2.28. The van der Waals surface area contributed by atoms with Crippen LogP contribution in [0.25, 0.3) is 11.4 Å². The van der Waals surface area contributed by atoms with Crippen molar-refractivity contribution >= 4 is 5.91 Å². The van der Waals surface area contributed by atoms with Gasteiger partial charge < -0.3 is 14.2 Å². The second-order valence-corrected chi connectivity index (χ2v) is 6.59. The topological polar surface area (TPSA) is 68.5 Å². The number of likely N-dealkylation sites (tertiary alicyclic amines) is 1. The van der Waals surface area contributed by atoms with Crippen molar-refractivity contribution < 1.29 is 18.4 Å². The van der Waals surface area contributed by atoms with Crippen molar-refractivity contribution in [3.63, 3.8) is 0 Å². The van der Waals surface area contributed by atoms with E-state index in [0.717, 1.165) is 32.2 Å². The highest BCUT2D eigenvalue weighted by Crippen LogP contribution is 2.29. The Labute approximate surface area is 145 Å². The zero-order chi connectivity index (χ0) is 17.2. The molecule has 2 fully saturated rings. The van der Waals surface area contributed by atoms with Crippen LogP contribution in [-0.2, 0) is 9.53 Å². The van der Waals surface area contributed by atoms with E-state index >= 15 is 0 Å². The third-order valence-corrected chi connectivity index (χ3v) is 4.81. The van der Waals surface area contributed by atoms with Crippen molar-refractivity contribution in [1.29, 1.82) is 0 Å². The predicted molar refractivity (Wildman–Crippen MR) is 87.2 cm³/mol. The Kier molecular flexibility index (Phi) is 4.48. The smallest absolute Gasteiger partial charge is 0.251 e. The number of ether oxygens (including phenoxy) is 1. The maximum absolute atomic E-state index is 13.4. The normalized spacial score (nSPS) is 23.8. The largest absolute Gasteiger partial charge is 0.368 e. The van der Waals surface area contributed by atoms with Gasteiger partial charge in [0.2, 0.25) is 11.7 Å². The van der Waals surface area contributed by atoms with E-state index in [2.05, 4.69) is 10.1 Å². The van der Waals surface area contributed by atoms with Gasteiger partial charge in [-0.15, -0.1) is 0 Å². The van der Waals surface area contributed by atoms with Gasteiger partial charge in [0.25, 0.3) is 5.91 Å². The number of amides is 1. The Bertz CT molecular complexity index is 758. The van der Waals surface area contributed by atoms with Gasteiger partial charge in [-0.3, -0.25) is 4.79 Å². The number of halogens is 1. The summed E-state index contributed by atoms with van der Waals surface area (Å²) in [4.78, 5) is 18.8. The molecule has 4 rings (SSSR count). The summed E-state index contributed by atoms with van der Waals surface area (Å²) in [7, 11) is 0. The summed E-state index contributed by atoms with van der Waals surface area (Å²) in [6, 6.07) is 6.11. The van der Waals surface area contributed by atoms with E-state index in [4.69, 9.17) is 9.26 Å². The maximum atomic E-state index is 13.4. The van der Waals surface area contributed by atoms with Crippen LogP contribution in [0.2, 0.25) is 0 Å². The Morgan fingerprint density at radius 1 is 1.28 bits per heavy atom. The molecule has 1 amide bonds. The fourth-order valence-electron chi connectivity index (χ4n) is 3.50. The van der Waals surface area contributed by atoms with Crippen LogP contribution in [0.1, 0.15) is 37.5 Å². The van der Waals surface area contributed by atoms with Crippen LogP contribution >= 0.6 is 0 Å². The van der Waals surface area contributed by atoms with Crippen molar-refractivity contribution in [1.82, 2.24) is 15.0 Å². The van der Waals surface area contributed by atoms with Crippen LogP contribution in [0.15, 0.2) is 28.8 Å². The number of piperidine rings is 1. The first kappa shape index (κ1) is 16.2. The zero-order valence-corrected chi connectivity index (χ0v) is 13.9. The third kappa shape index (κ3) is 3.42. The maximum Gasteiger partial charge on any atom is 0.251 e. The van der Waals surface area contributed by atoms with E-state index < -0.39 is 0 Å². The molecule has 0 aliphatic carbocycles. The number of hydrogen-bond acceptors (Lipinski definition) is 5. The van der Waals surface area contributed by atoms with E-state index in [0.29, 0.717) is 30.4 Å². The summed E-state index contributed by atoms with van der Waals surface area (Å²) in [5.41, 5.74) is 0.582. The summed E-state index contributed by atoms with van der Waals surface area (Å²) < 4.78 is 24.3. The van der Waals surface area contributed by atoms with Gasteiger partial charge in [-0.1, -0.05) is 17.3 Å². The molecule has 25 heavy (non-hydrogen) atoms. The van der Waals surface area contributed by atoms with Crippen LogP contribution < -0.4 is 0 Å². The van der Waals surface area contributed by atoms with Crippen molar-refractivity contribution in [2.24, 2.45) is 0 Å². The van der Waals surface area contributed by atoms with Gasteiger partial charge in [0.05, 0.1) is 5.92 Å². The highest BCUT2D eigenvalue weighted by atomic mass is 19.1. The monoisotopic (exact) mass is 345 g/mol. The molecule has 132 valence electrons. The van der Waals surface area contributed by atoms with Gasteiger partial charge in [-0.25, -0.2) is 4.39 Å². The fraction of sp³-hybridized carbons (Fsp3) is 0.500. The van der Waals surface area contributed by atoms with Gasteiger partial charge in [0.15, 0.2) is 0 Å². The second kappa shape index (κ2) is 6.92. The van der Waals surface area contributed by atoms with Crippen LogP contribution in [0.5, 0.6) is 0 Å². The molecule has 0 N–H and O–H groups in total. The number of hydrogen-bond donors (Lipinski definition) is 0. The molecule has 2 atom stereocenters. The molecule has 2 aromatic rings. The fourth-order valence-corrected chi connectivity index (χ4v) is 3.50. The van der Waals surface area contributed by atoms with Crippen LogP contribution in [0.3, 0.4) is 0 Å². The standard InChI is InChI=1S/C18H20FN3O3/c19-14-6-1-4-12(10-14)16-20-17(25-21-16)13-5-2-8-22(11-13)18(23)15-7-3-9-24-15/h1,4,6,10,13,15H,2-3,5,7-9,11H2/t13-,15+/m0/s1. The lowest BCUT2D eigenvalue weighted by Gasteiger charge is -2.32. The molecule has 2 aliphatic rings. The van der Waals surface area contributed by atoms with Crippen molar-refractivity contribution in [3.05, 3.63) is 36.0 Å². The lowest BCUT2D eigenvalue weighted by molar-refractivity contribution is -0.142. The summed E-state index contributed by atoms with van der Waals surface area (Å²) in [5, 5.41) is 3.97. The highest BCUT2D eigenvalue weighted by Gasteiger charge is 2.33. The Morgan fingerprint density at radius 3 is 3.00 bits per heavy atom. The molecule has 7 heteroatoms. The Balaban J connectivity index is 1.47. The Morgan fingerprint density at radius 2 is 2.20 bits per heavy atom. The molecule has 1 aromatic carbocycles. The van der Waals surface area contributed by atoms with E-state index in [1.165, 1.54) is 12.1 Å². The molecule has 0 bridgehead atoms. The van der Waals surface area contributed by atoms with E-state index in [1.54, 1.807) is 12.1 Å². The van der Waals surface area contributed by atoms with Gasteiger partial charge in [0, 0.05) is 25.3 Å². The predicted octanol–water partition coefficient (Wildman–Crippen LogP) is 2.76. The average molecular weight is 345 g/mol. The number of rotatable bonds is 3. The summed E-state index contributed by atoms with van der Waals surface area (Å²) in [6.07, 6.45) is 3.21. The first-order valence-corrected chi connectivity index (χ1v) is 8.70. The molecule has 3 heterocycles. The molecule has 2 saturated heterocycles. The molecule has 6 nitrogen and oxygen atoms in total. The van der Waals surface area contributed by atoms with E-state index in [9.17, 15) is 9.18 Å². The van der Waals surface area contributed by atoms with Crippen molar-refractivity contribution in [3.8, 4) is 11.4 Å². The van der Waals surface area contributed by atoms with Gasteiger partial charge in [-0.05, 0) is 37.8 Å². The summed E-state index contributed by atoms with van der Waals surface area (Å²) >= 11 is 0. The third-order valence-electron chi connectivity index (χ3n) is 4.81. The molecule has 0 saturated carbocycles. The minimum Gasteiger partial charge on any atom is -0.368 e. The molecule has 1 aromatic heterocycles. The molecule has 0 radical (unpaired) electrons. The zero-order valence-electron chi connectivity index (χ0n) is 13.9. The number of nitrogens with zero attached hydrogens (tertiary/aromatic N) is 3. The molecular formula is C18H20FN3O3. The lowest BCUT2D eigenvalue weighted by Crippen LogP contribution is -2.44. The molecule has 2 aliphatic heterocycles. The second-order valence-electron chi connectivity index (χ2n) is 6.59. The van der Waals surface area contributed by atoms with E-state index in [-0.39, 0.29) is 23.7 Å². The quantitative estimate of drug-likeness (QED) is 0.856. The number of carbonyl (C=O) groups excluding carboxylic acids is 1. The molecule has 0 unspecified atom stereocenters. The summed E-state index contributed by atoms with van der Waals surface area (Å²) in [6.45, 7) is 1.96. The van der Waals surface area contributed by atoms with Gasteiger partial charge >= 0.3 is 0 Å². The highest BCUT2D eigenvalue weighted by molar-refractivity contribution is 5.81. The summed E-state index contributed by atoms with van der Waals surface area (Å²) in [5.74, 6) is 0.608. The molecular weight excluding hydrogens is 325 g/mol. The van der Waals surface area contributed by atoms with Crippen molar-refractivity contribution in [2.45, 2.75) is 37.7 Å². The number of benzene rings is 1. The van der Waals surface area contributed by atoms with Gasteiger partial charge in [-0.2, -0.15) is 4.98 Å². The van der Waals surface area contributed by atoms with Crippen LogP contribution in [-0.4, -0.2) is 46.7 Å². The van der Waals surface area contributed by atoms with Gasteiger partial charge in [0.1, 0.15) is 11.9 Å². The van der Waals surface area contributed by atoms with Crippen LogP contribution in [0, 0.1) is 5.82 Å². The van der Waals surface area contributed by atoms with E-state index in [1.807, 2.05) is 4.90 Å². The first-order chi connectivity index (χ1) is 12.2. The van der Waals surface area contributed by atoms with Crippen LogP contribution in [0.4, 0.5) is 4.39 Å². The lowest BCUT2D eigenvalue weighted by atomic mass is 9.97. The molecule has 0 spiro atoms.